The van der Waals surface area contributed by atoms with E-state index in [4.69, 9.17) is 18.5 Å². The van der Waals surface area contributed by atoms with Crippen LogP contribution in [0.25, 0.3) is 0 Å². The van der Waals surface area contributed by atoms with Gasteiger partial charge in [-0.05, 0) is 44.9 Å². The second kappa shape index (κ2) is 72.8. The Balaban J connectivity index is 3.87. The van der Waals surface area contributed by atoms with Crippen LogP contribution < -0.4 is 4.89 Å². The van der Waals surface area contributed by atoms with Gasteiger partial charge in [-0.25, -0.2) is 0 Å². The molecule has 2 atom stereocenters. The predicted octanol–water partition coefficient (Wildman–Crippen LogP) is 26.2. The van der Waals surface area contributed by atoms with Crippen molar-refractivity contribution in [1.82, 2.24) is 0 Å². The highest BCUT2D eigenvalue weighted by atomic mass is 31.2. The molecular formula is C81H158NO8P. The molecule has 0 rings (SSSR count). The predicted molar refractivity (Wildman–Crippen MR) is 393 cm³/mol. The zero-order valence-corrected chi connectivity index (χ0v) is 62.7. The molecule has 0 radical (unpaired) electrons. The van der Waals surface area contributed by atoms with Crippen LogP contribution >= 0.6 is 7.82 Å². The molecule has 0 aromatic heterocycles. The molecule has 0 aromatic rings. The summed E-state index contributed by atoms with van der Waals surface area (Å²) < 4.78 is 34.4. The van der Waals surface area contributed by atoms with Crippen LogP contribution in [0.5, 0.6) is 0 Å². The third kappa shape index (κ3) is 77.4. The first-order valence-electron chi connectivity index (χ1n) is 40.5. The van der Waals surface area contributed by atoms with Crippen molar-refractivity contribution >= 4 is 19.8 Å². The lowest BCUT2D eigenvalue weighted by Gasteiger charge is -2.28. The Morgan fingerprint density at radius 2 is 0.593 bits per heavy atom. The zero-order chi connectivity index (χ0) is 66.2. The Kier molecular flexibility index (Phi) is 71.5. The van der Waals surface area contributed by atoms with Gasteiger partial charge >= 0.3 is 11.9 Å². The number of hydrogen-bond donors (Lipinski definition) is 0. The van der Waals surface area contributed by atoms with Crippen LogP contribution in [-0.4, -0.2) is 70.0 Å². The van der Waals surface area contributed by atoms with Gasteiger partial charge in [-0.1, -0.05) is 398 Å². The van der Waals surface area contributed by atoms with Crippen LogP contribution in [0.1, 0.15) is 431 Å². The first kappa shape index (κ1) is 89.5. The summed E-state index contributed by atoms with van der Waals surface area (Å²) in [6.07, 6.45) is 93.2. The summed E-state index contributed by atoms with van der Waals surface area (Å²) in [5.41, 5.74) is 0. The quantitative estimate of drug-likeness (QED) is 0.0195. The van der Waals surface area contributed by atoms with Gasteiger partial charge in [-0.2, -0.15) is 0 Å². The molecule has 0 aliphatic rings. The standard InChI is InChI=1S/C81H158NO8P/c1-6-8-10-12-14-16-18-20-22-24-26-28-30-32-34-36-37-38-39-40-41-42-43-44-45-46-48-50-52-54-56-58-60-62-64-66-68-70-72-74-81(84)90-79(78-89-91(85,86)88-76-75-82(3,4)5)77-87-80(83)73-71-69-67-65-63-61-59-57-55-53-51-49-47-35-33-31-29-27-25-23-21-19-17-15-13-11-9-7-2/h18,20,24,26,79H,6-17,19,21-23,25,27-78H2,1-5H3/b20-18-,26-24-. The first-order chi connectivity index (χ1) is 44.5. The lowest BCUT2D eigenvalue weighted by molar-refractivity contribution is -0.870. The van der Waals surface area contributed by atoms with Crippen molar-refractivity contribution in [2.75, 3.05) is 47.5 Å². The molecule has 0 N–H and O–H groups in total. The first-order valence-corrected chi connectivity index (χ1v) is 42.0. The van der Waals surface area contributed by atoms with Gasteiger partial charge in [-0.3, -0.25) is 14.2 Å². The molecule has 0 aliphatic heterocycles. The summed E-state index contributed by atoms with van der Waals surface area (Å²) in [7, 11) is 1.20. The summed E-state index contributed by atoms with van der Waals surface area (Å²) >= 11 is 0. The number of carbonyl (C=O) groups is 2. The fraction of sp³-hybridized carbons (Fsp3) is 0.926. The molecule has 0 fully saturated rings. The van der Waals surface area contributed by atoms with Gasteiger partial charge in [0, 0.05) is 12.8 Å². The van der Waals surface area contributed by atoms with Crippen molar-refractivity contribution < 1.29 is 42.1 Å². The molecule has 2 unspecified atom stereocenters. The van der Waals surface area contributed by atoms with Gasteiger partial charge < -0.3 is 27.9 Å². The van der Waals surface area contributed by atoms with Crippen molar-refractivity contribution in [3.05, 3.63) is 24.3 Å². The topological polar surface area (TPSA) is 111 Å². The monoisotopic (exact) mass is 1300 g/mol. The van der Waals surface area contributed by atoms with E-state index in [-0.39, 0.29) is 32.0 Å². The highest BCUT2D eigenvalue weighted by Crippen LogP contribution is 2.38. The van der Waals surface area contributed by atoms with Crippen LogP contribution in [0.3, 0.4) is 0 Å². The number of phosphoric ester groups is 1. The number of quaternary nitrogens is 1. The van der Waals surface area contributed by atoms with E-state index in [0.29, 0.717) is 17.4 Å². The Morgan fingerprint density at radius 3 is 0.868 bits per heavy atom. The molecule has 540 valence electrons. The molecule has 0 heterocycles. The lowest BCUT2D eigenvalue weighted by atomic mass is 10.0. The van der Waals surface area contributed by atoms with Crippen molar-refractivity contribution in [3.8, 4) is 0 Å². The Bertz CT molecular complexity index is 1580. The number of esters is 2. The van der Waals surface area contributed by atoms with E-state index in [1.165, 1.54) is 360 Å². The Hall–Kier alpha value is -1.51. The largest absolute Gasteiger partial charge is 0.756 e. The lowest BCUT2D eigenvalue weighted by Crippen LogP contribution is -2.37. The van der Waals surface area contributed by atoms with E-state index in [9.17, 15) is 19.0 Å². The van der Waals surface area contributed by atoms with E-state index >= 15 is 0 Å². The average molecular weight is 1310 g/mol. The highest BCUT2D eigenvalue weighted by Gasteiger charge is 2.22. The van der Waals surface area contributed by atoms with Crippen molar-refractivity contribution in [2.24, 2.45) is 0 Å². The summed E-state index contributed by atoms with van der Waals surface area (Å²) in [6.45, 7) is 4.32. The second-order valence-electron chi connectivity index (χ2n) is 29.1. The minimum Gasteiger partial charge on any atom is -0.756 e. The van der Waals surface area contributed by atoms with Gasteiger partial charge in [0.2, 0.25) is 0 Å². The van der Waals surface area contributed by atoms with E-state index in [1.54, 1.807) is 0 Å². The summed E-state index contributed by atoms with van der Waals surface area (Å²) in [5.74, 6) is -0.803. The molecule has 9 nitrogen and oxygen atoms in total. The summed E-state index contributed by atoms with van der Waals surface area (Å²) in [6, 6.07) is 0. The normalized spacial score (nSPS) is 13.1. The molecule has 0 bridgehead atoms. The van der Waals surface area contributed by atoms with E-state index in [1.807, 2.05) is 21.1 Å². The average Bonchev–Trinajstić information content (AvgIpc) is 3.30. The van der Waals surface area contributed by atoms with Gasteiger partial charge in [0.25, 0.3) is 7.82 Å². The number of rotatable bonds is 77. The SMILES string of the molecule is CCCCCCC/C=C\C/C=C\CCCCCCCCCCCCCCCCCCCCCCCCCCCCCC(=O)OC(COC(=O)CCCCCCCCCCCCCCCCCCCCCCCCCCCCCC)COP(=O)([O-])OCC[N+](C)(C)C. The van der Waals surface area contributed by atoms with Gasteiger partial charge in [0.1, 0.15) is 19.8 Å². The molecule has 0 aromatic carbocycles. The molecule has 0 spiro atoms. The van der Waals surface area contributed by atoms with E-state index in [2.05, 4.69) is 38.2 Å². The third-order valence-corrected chi connectivity index (χ3v) is 19.7. The zero-order valence-electron chi connectivity index (χ0n) is 61.8. The van der Waals surface area contributed by atoms with Crippen molar-refractivity contribution in [3.63, 3.8) is 0 Å². The number of carbonyl (C=O) groups excluding carboxylic acids is 2. The molecule has 10 heteroatoms. The highest BCUT2D eigenvalue weighted by molar-refractivity contribution is 7.45. The fourth-order valence-corrected chi connectivity index (χ4v) is 13.2. The number of ether oxygens (including phenoxy) is 2. The summed E-state index contributed by atoms with van der Waals surface area (Å²) in [4.78, 5) is 38.2. The fourth-order valence-electron chi connectivity index (χ4n) is 12.5. The number of nitrogens with zero attached hydrogens (tertiary/aromatic N) is 1. The molecular weight excluding hydrogens is 1150 g/mol. The Morgan fingerprint density at radius 1 is 0.341 bits per heavy atom. The van der Waals surface area contributed by atoms with Crippen molar-refractivity contribution in [1.29, 1.82) is 0 Å². The van der Waals surface area contributed by atoms with Crippen LogP contribution in [-0.2, 0) is 32.7 Å². The van der Waals surface area contributed by atoms with Gasteiger partial charge in [0.05, 0.1) is 27.7 Å². The third-order valence-electron chi connectivity index (χ3n) is 18.7. The molecule has 0 saturated heterocycles. The Labute approximate surface area is 568 Å². The number of likely N-dealkylation sites (N-methyl/N-ethyl adjacent to an activating group) is 1. The van der Waals surface area contributed by atoms with Gasteiger partial charge in [-0.15, -0.1) is 0 Å². The van der Waals surface area contributed by atoms with Crippen LogP contribution in [0.2, 0.25) is 0 Å². The number of hydrogen-bond acceptors (Lipinski definition) is 8. The minimum atomic E-state index is -4.64. The smallest absolute Gasteiger partial charge is 0.306 e. The molecule has 0 saturated carbocycles. The number of phosphoric acid groups is 1. The maximum Gasteiger partial charge on any atom is 0.306 e. The maximum absolute atomic E-state index is 12.9. The van der Waals surface area contributed by atoms with Gasteiger partial charge in [0.15, 0.2) is 6.10 Å². The van der Waals surface area contributed by atoms with Crippen molar-refractivity contribution in [2.45, 2.75) is 437 Å². The maximum atomic E-state index is 12.9. The number of unbranched alkanes of at least 4 members (excludes halogenated alkanes) is 59. The van der Waals surface area contributed by atoms with Crippen LogP contribution in [0, 0.1) is 0 Å². The molecule has 91 heavy (non-hydrogen) atoms. The minimum absolute atomic E-state index is 0.0259. The molecule has 0 amide bonds. The van der Waals surface area contributed by atoms with E-state index in [0.717, 1.165) is 38.5 Å². The summed E-state index contributed by atoms with van der Waals surface area (Å²) in [5, 5.41) is 0. The molecule has 0 aliphatic carbocycles. The van der Waals surface area contributed by atoms with Crippen LogP contribution in [0.15, 0.2) is 24.3 Å². The second-order valence-corrected chi connectivity index (χ2v) is 30.6. The van der Waals surface area contributed by atoms with Crippen LogP contribution in [0.4, 0.5) is 0 Å². The van der Waals surface area contributed by atoms with E-state index < -0.39 is 26.5 Å². The number of allylic oxidation sites excluding steroid dienone is 4.